The van der Waals surface area contributed by atoms with Gasteiger partial charge in [-0.2, -0.15) is 0 Å². The monoisotopic (exact) mass is 300 g/mol. The zero-order valence-electron chi connectivity index (χ0n) is 11.2. The van der Waals surface area contributed by atoms with Crippen LogP contribution in [-0.2, 0) is 0 Å². The third-order valence-corrected chi connectivity index (χ3v) is 4.50. The molecule has 4 heteroatoms. The van der Waals surface area contributed by atoms with Crippen LogP contribution in [0.25, 0.3) is 0 Å². The largest absolute Gasteiger partial charge is 0.495 e. The summed E-state index contributed by atoms with van der Waals surface area (Å²) in [7, 11) is 1.53. The summed E-state index contributed by atoms with van der Waals surface area (Å²) in [6.07, 6.45) is 4.11. The van der Waals surface area contributed by atoms with Crippen molar-refractivity contribution in [1.82, 2.24) is 0 Å². The third kappa shape index (κ3) is 3.24. The molecule has 19 heavy (non-hydrogen) atoms. The van der Waals surface area contributed by atoms with Crippen molar-refractivity contribution in [2.24, 2.45) is 11.8 Å². The summed E-state index contributed by atoms with van der Waals surface area (Å²) < 4.78 is 5.09. The van der Waals surface area contributed by atoms with E-state index >= 15 is 0 Å². The number of halogens is 2. The Kier molecular flexibility index (Phi) is 4.75. The van der Waals surface area contributed by atoms with Gasteiger partial charge in [0, 0.05) is 17.5 Å². The predicted octanol–water partition coefficient (Wildman–Crippen LogP) is 5.01. The van der Waals surface area contributed by atoms with Gasteiger partial charge >= 0.3 is 0 Å². The smallest absolute Gasteiger partial charge is 0.167 e. The van der Waals surface area contributed by atoms with Gasteiger partial charge in [-0.25, -0.2) is 0 Å². The number of ketones is 1. The molecule has 104 valence electrons. The highest BCUT2D eigenvalue weighted by Crippen LogP contribution is 2.35. The van der Waals surface area contributed by atoms with E-state index in [4.69, 9.17) is 27.9 Å². The highest BCUT2D eigenvalue weighted by Gasteiger charge is 2.27. The number of carbonyl (C=O) groups is 1. The van der Waals surface area contributed by atoms with Crippen molar-refractivity contribution in [2.75, 3.05) is 7.11 Å². The van der Waals surface area contributed by atoms with Crippen LogP contribution < -0.4 is 4.74 Å². The average molecular weight is 301 g/mol. The average Bonchev–Trinajstić information content (AvgIpc) is 2.41. The van der Waals surface area contributed by atoms with Gasteiger partial charge in [-0.05, 0) is 24.8 Å². The Hall–Kier alpha value is -0.730. The molecule has 0 saturated heterocycles. The molecule has 0 atom stereocenters. The second-order valence-corrected chi connectivity index (χ2v) is 6.10. The van der Waals surface area contributed by atoms with Gasteiger partial charge in [0.2, 0.25) is 0 Å². The van der Waals surface area contributed by atoms with Crippen LogP contribution in [-0.4, -0.2) is 12.9 Å². The molecule has 1 saturated carbocycles. The first-order valence-corrected chi connectivity index (χ1v) is 7.35. The fourth-order valence-electron chi connectivity index (χ4n) is 2.62. The molecule has 0 aromatic heterocycles. The van der Waals surface area contributed by atoms with Crippen LogP contribution >= 0.6 is 23.2 Å². The fourth-order valence-corrected chi connectivity index (χ4v) is 3.10. The van der Waals surface area contributed by atoms with Crippen molar-refractivity contribution in [3.8, 4) is 5.75 Å². The van der Waals surface area contributed by atoms with E-state index in [1.807, 2.05) is 0 Å². The first kappa shape index (κ1) is 14.7. The molecule has 0 spiro atoms. The Morgan fingerprint density at radius 2 is 1.79 bits per heavy atom. The van der Waals surface area contributed by atoms with E-state index in [0.717, 1.165) is 31.6 Å². The molecule has 2 nitrogen and oxygen atoms in total. The molecule has 1 fully saturated rings. The second-order valence-electron chi connectivity index (χ2n) is 5.29. The third-order valence-electron chi connectivity index (χ3n) is 3.89. The van der Waals surface area contributed by atoms with Gasteiger partial charge in [0.05, 0.1) is 17.2 Å². The Bertz CT molecular complexity index is 477. The van der Waals surface area contributed by atoms with Crippen molar-refractivity contribution in [3.05, 3.63) is 27.7 Å². The zero-order valence-corrected chi connectivity index (χ0v) is 12.7. The van der Waals surface area contributed by atoms with Crippen molar-refractivity contribution in [3.63, 3.8) is 0 Å². The molecule has 2 rings (SSSR count). The van der Waals surface area contributed by atoms with Gasteiger partial charge in [-0.1, -0.05) is 43.0 Å². The predicted molar refractivity (Wildman–Crippen MR) is 78.5 cm³/mol. The maximum Gasteiger partial charge on any atom is 0.167 e. The molecule has 0 bridgehead atoms. The summed E-state index contributed by atoms with van der Waals surface area (Å²) >= 11 is 12.2. The molecule has 0 amide bonds. The highest BCUT2D eigenvalue weighted by atomic mass is 35.5. The van der Waals surface area contributed by atoms with Crippen LogP contribution in [0.5, 0.6) is 5.75 Å². The first-order chi connectivity index (χ1) is 9.02. The van der Waals surface area contributed by atoms with E-state index in [9.17, 15) is 4.79 Å². The fraction of sp³-hybridized carbons (Fsp3) is 0.533. The Labute approximate surface area is 124 Å². The molecule has 0 radical (unpaired) electrons. The lowest BCUT2D eigenvalue weighted by atomic mass is 9.79. The van der Waals surface area contributed by atoms with Crippen molar-refractivity contribution in [1.29, 1.82) is 0 Å². The number of hydrogen-bond acceptors (Lipinski definition) is 2. The molecule has 1 aliphatic rings. The molecule has 0 unspecified atom stereocenters. The molecule has 0 N–H and O–H groups in total. The molecular weight excluding hydrogens is 283 g/mol. The first-order valence-electron chi connectivity index (χ1n) is 6.60. The topological polar surface area (TPSA) is 26.3 Å². The van der Waals surface area contributed by atoms with E-state index in [0.29, 0.717) is 21.4 Å². The van der Waals surface area contributed by atoms with Gasteiger partial charge in [-0.15, -0.1) is 0 Å². The van der Waals surface area contributed by atoms with Gasteiger partial charge in [0.15, 0.2) is 5.78 Å². The molecular formula is C15H18Cl2O2. The van der Waals surface area contributed by atoms with E-state index < -0.39 is 0 Å². The van der Waals surface area contributed by atoms with Gasteiger partial charge in [-0.3, -0.25) is 4.79 Å². The van der Waals surface area contributed by atoms with Crippen molar-refractivity contribution in [2.45, 2.75) is 32.6 Å². The number of carbonyl (C=O) groups excluding carboxylic acids is 1. The summed E-state index contributed by atoms with van der Waals surface area (Å²) in [5.41, 5.74) is 0.520. The van der Waals surface area contributed by atoms with Crippen LogP contribution in [0.3, 0.4) is 0 Å². The minimum Gasteiger partial charge on any atom is -0.495 e. The number of benzene rings is 1. The summed E-state index contributed by atoms with van der Waals surface area (Å²) in [4.78, 5) is 12.5. The van der Waals surface area contributed by atoms with E-state index in [-0.39, 0.29) is 11.7 Å². The van der Waals surface area contributed by atoms with E-state index in [2.05, 4.69) is 6.92 Å². The Morgan fingerprint density at radius 1 is 1.16 bits per heavy atom. The van der Waals surface area contributed by atoms with Crippen LogP contribution in [0.2, 0.25) is 10.0 Å². The van der Waals surface area contributed by atoms with Crippen LogP contribution in [0.4, 0.5) is 0 Å². The molecule has 1 aliphatic carbocycles. The van der Waals surface area contributed by atoms with Crippen molar-refractivity contribution < 1.29 is 9.53 Å². The number of rotatable bonds is 3. The normalized spacial score (nSPS) is 23.2. The minimum atomic E-state index is 0.0816. The summed E-state index contributed by atoms with van der Waals surface area (Å²) in [5.74, 6) is 1.42. The number of Topliss-reactive ketones (excluding diaryl/α,β-unsaturated/α-hetero) is 1. The summed E-state index contributed by atoms with van der Waals surface area (Å²) in [6.45, 7) is 2.23. The zero-order chi connectivity index (χ0) is 14.0. The maximum absolute atomic E-state index is 12.5. The van der Waals surface area contributed by atoms with Crippen molar-refractivity contribution >= 4 is 29.0 Å². The molecule has 1 aromatic carbocycles. The van der Waals surface area contributed by atoms with Crippen LogP contribution in [0, 0.1) is 11.8 Å². The number of hydrogen-bond donors (Lipinski definition) is 0. The standard InChI is InChI=1S/C15H18Cl2O2/c1-9-3-5-10(6-4-9)15(18)11-7-13(17)14(19-2)8-12(11)16/h7-10H,3-6H2,1-2H3. The highest BCUT2D eigenvalue weighted by molar-refractivity contribution is 6.36. The second kappa shape index (κ2) is 6.15. The lowest BCUT2D eigenvalue weighted by Crippen LogP contribution is -2.21. The number of ether oxygens (including phenoxy) is 1. The Balaban J connectivity index is 2.22. The molecule has 0 heterocycles. The summed E-state index contributed by atoms with van der Waals surface area (Å²) in [6, 6.07) is 3.24. The van der Waals surface area contributed by atoms with Gasteiger partial charge in [0.25, 0.3) is 0 Å². The minimum absolute atomic E-state index is 0.0816. The van der Waals surface area contributed by atoms with Crippen LogP contribution in [0.15, 0.2) is 12.1 Å². The van der Waals surface area contributed by atoms with Crippen LogP contribution in [0.1, 0.15) is 43.0 Å². The Morgan fingerprint density at radius 3 is 2.37 bits per heavy atom. The van der Waals surface area contributed by atoms with Gasteiger partial charge < -0.3 is 4.74 Å². The lowest BCUT2D eigenvalue weighted by Gasteiger charge is -2.25. The van der Waals surface area contributed by atoms with Gasteiger partial charge in [0.1, 0.15) is 5.75 Å². The lowest BCUT2D eigenvalue weighted by molar-refractivity contribution is 0.0876. The quantitative estimate of drug-likeness (QED) is 0.733. The molecule has 0 aliphatic heterocycles. The SMILES string of the molecule is COc1cc(Cl)c(C(=O)C2CCC(C)CC2)cc1Cl. The summed E-state index contributed by atoms with van der Waals surface area (Å²) in [5, 5.41) is 0.851. The van der Waals surface area contributed by atoms with E-state index in [1.165, 1.54) is 7.11 Å². The number of methoxy groups -OCH3 is 1. The van der Waals surface area contributed by atoms with E-state index in [1.54, 1.807) is 12.1 Å². The molecule has 1 aromatic rings. The maximum atomic E-state index is 12.5.